The summed E-state index contributed by atoms with van der Waals surface area (Å²) >= 11 is 11.8. The maximum Gasteiger partial charge on any atom is 0.260 e. The van der Waals surface area contributed by atoms with E-state index in [1.165, 1.54) is 0 Å². The van der Waals surface area contributed by atoms with Crippen LogP contribution in [0.2, 0.25) is 10.0 Å². The first-order valence-electron chi connectivity index (χ1n) is 7.89. The van der Waals surface area contributed by atoms with Crippen molar-refractivity contribution in [1.29, 1.82) is 0 Å². The van der Waals surface area contributed by atoms with Gasteiger partial charge in [-0.15, -0.1) is 0 Å². The highest BCUT2D eigenvalue weighted by Gasteiger charge is 2.15. The fourth-order valence-corrected chi connectivity index (χ4v) is 2.69. The number of benzene rings is 1. The van der Waals surface area contributed by atoms with Crippen LogP contribution in [0.25, 0.3) is 0 Å². The highest BCUT2D eigenvalue weighted by atomic mass is 35.5. The Kier molecular flexibility index (Phi) is 7.43. The maximum atomic E-state index is 12.0. The summed E-state index contributed by atoms with van der Waals surface area (Å²) in [5, 5.41) is 7.10. The molecule has 0 saturated carbocycles. The van der Waals surface area contributed by atoms with Gasteiger partial charge in [0.25, 0.3) is 5.91 Å². The minimum absolute atomic E-state index is 0.128. The molecule has 7 heteroatoms. The summed E-state index contributed by atoms with van der Waals surface area (Å²) in [7, 11) is 0. The lowest BCUT2D eigenvalue weighted by Crippen LogP contribution is -2.44. The van der Waals surface area contributed by atoms with Crippen molar-refractivity contribution in [2.75, 3.05) is 39.3 Å². The number of rotatable bonds is 7. The van der Waals surface area contributed by atoms with Crippen LogP contribution in [-0.4, -0.2) is 56.2 Å². The van der Waals surface area contributed by atoms with E-state index in [0.717, 1.165) is 39.1 Å². The topological polar surface area (TPSA) is 53.6 Å². The van der Waals surface area contributed by atoms with Gasteiger partial charge in [-0.25, -0.2) is 0 Å². The van der Waals surface area contributed by atoms with Crippen molar-refractivity contribution in [2.45, 2.75) is 19.4 Å². The zero-order valence-corrected chi connectivity index (χ0v) is 14.8. The lowest BCUT2D eigenvalue weighted by Gasteiger charge is -2.27. The van der Waals surface area contributed by atoms with Gasteiger partial charge in [0.1, 0.15) is 5.75 Å². The minimum atomic E-state index is -0.577. The zero-order valence-electron chi connectivity index (χ0n) is 13.3. The van der Waals surface area contributed by atoms with Crippen molar-refractivity contribution in [3.05, 3.63) is 28.2 Å². The van der Waals surface area contributed by atoms with Crippen LogP contribution >= 0.6 is 23.2 Å². The first-order chi connectivity index (χ1) is 11.1. The second kappa shape index (κ2) is 9.33. The predicted octanol–water partition coefficient (Wildman–Crippen LogP) is 2.17. The van der Waals surface area contributed by atoms with Crippen molar-refractivity contribution in [3.63, 3.8) is 0 Å². The molecule has 0 radical (unpaired) electrons. The molecule has 0 bridgehead atoms. The minimum Gasteiger partial charge on any atom is -0.481 e. The Balaban J connectivity index is 1.66. The third kappa shape index (κ3) is 6.18. The first-order valence-corrected chi connectivity index (χ1v) is 8.64. The smallest absolute Gasteiger partial charge is 0.260 e. The number of carbonyl (C=O) groups is 1. The Morgan fingerprint density at radius 2 is 2.09 bits per heavy atom. The molecule has 1 fully saturated rings. The number of carbonyl (C=O) groups excluding carboxylic acids is 1. The number of hydrogen-bond acceptors (Lipinski definition) is 4. The molecule has 1 saturated heterocycles. The second-order valence-corrected chi connectivity index (χ2v) is 6.39. The van der Waals surface area contributed by atoms with Gasteiger partial charge in [0.05, 0.1) is 10.0 Å². The average Bonchev–Trinajstić information content (AvgIpc) is 2.55. The van der Waals surface area contributed by atoms with E-state index in [4.69, 9.17) is 27.9 Å². The molecule has 128 valence electrons. The molecule has 1 aromatic carbocycles. The molecule has 1 heterocycles. The molecule has 0 spiro atoms. The van der Waals surface area contributed by atoms with Crippen LogP contribution in [0, 0.1) is 0 Å². The van der Waals surface area contributed by atoms with Crippen molar-refractivity contribution in [3.8, 4) is 5.75 Å². The van der Waals surface area contributed by atoms with Gasteiger partial charge in [-0.3, -0.25) is 4.79 Å². The molecule has 2 rings (SSSR count). The average molecular weight is 360 g/mol. The van der Waals surface area contributed by atoms with E-state index in [0.29, 0.717) is 22.3 Å². The SMILES string of the molecule is CC(Oc1ccc(Cl)c(Cl)c1)C(=O)NCCCN1CCNCC1. The van der Waals surface area contributed by atoms with E-state index in [2.05, 4.69) is 15.5 Å². The normalized spacial score (nSPS) is 16.8. The van der Waals surface area contributed by atoms with Gasteiger partial charge in [-0.1, -0.05) is 23.2 Å². The Hall–Kier alpha value is -1.01. The third-order valence-corrected chi connectivity index (χ3v) is 4.47. The molecular formula is C16H23Cl2N3O2. The van der Waals surface area contributed by atoms with Crippen LogP contribution in [0.3, 0.4) is 0 Å². The van der Waals surface area contributed by atoms with Gasteiger partial charge in [0.15, 0.2) is 6.10 Å². The largest absolute Gasteiger partial charge is 0.481 e. The molecule has 1 aliphatic rings. The highest BCUT2D eigenvalue weighted by Crippen LogP contribution is 2.26. The second-order valence-electron chi connectivity index (χ2n) is 5.57. The summed E-state index contributed by atoms with van der Waals surface area (Å²) in [5.41, 5.74) is 0. The lowest BCUT2D eigenvalue weighted by atomic mass is 10.3. The number of ether oxygens (including phenoxy) is 1. The van der Waals surface area contributed by atoms with Crippen molar-refractivity contribution >= 4 is 29.1 Å². The number of nitrogens with zero attached hydrogens (tertiary/aromatic N) is 1. The molecule has 1 aromatic rings. The Morgan fingerprint density at radius 3 is 2.78 bits per heavy atom. The monoisotopic (exact) mass is 359 g/mol. The molecule has 0 aliphatic carbocycles. The molecule has 23 heavy (non-hydrogen) atoms. The van der Waals surface area contributed by atoms with Gasteiger partial charge in [-0.05, 0) is 32.0 Å². The maximum absolute atomic E-state index is 12.0. The summed E-state index contributed by atoms with van der Waals surface area (Å²) in [5.74, 6) is 0.402. The van der Waals surface area contributed by atoms with E-state index in [9.17, 15) is 4.79 Å². The van der Waals surface area contributed by atoms with Gasteiger partial charge in [-0.2, -0.15) is 0 Å². The van der Waals surface area contributed by atoms with Crippen molar-refractivity contribution in [2.24, 2.45) is 0 Å². The first kappa shape index (κ1) is 18.3. The lowest BCUT2D eigenvalue weighted by molar-refractivity contribution is -0.127. The summed E-state index contributed by atoms with van der Waals surface area (Å²) in [4.78, 5) is 14.4. The van der Waals surface area contributed by atoms with E-state index < -0.39 is 6.10 Å². The molecule has 1 unspecified atom stereocenters. The molecule has 1 amide bonds. The summed E-state index contributed by atoms with van der Waals surface area (Å²) in [6.45, 7) is 7.60. The van der Waals surface area contributed by atoms with Crippen LogP contribution < -0.4 is 15.4 Å². The van der Waals surface area contributed by atoms with Gasteiger partial charge in [0.2, 0.25) is 0 Å². The highest BCUT2D eigenvalue weighted by molar-refractivity contribution is 6.42. The fourth-order valence-electron chi connectivity index (χ4n) is 2.40. The molecular weight excluding hydrogens is 337 g/mol. The van der Waals surface area contributed by atoms with Crippen LogP contribution in [0.15, 0.2) is 18.2 Å². The quantitative estimate of drug-likeness (QED) is 0.732. The van der Waals surface area contributed by atoms with Gasteiger partial charge >= 0.3 is 0 Å². The number of nitrogens with one attached hydrogen (secondary N) is 2. The van der Waals surface area contributed by atoms with Crippen LogP contribution in [0.5, 0.6) is 5.75 Å². The molecule has 1 aliphatic heterocycles. The number of piperazine rings is 1. The fraction of sp³-hybridized carbons (Fsp3) is 0.562. The molecule has 5 nitrogen and oxygen atoms in total. The van der Waals surface area contributed by atoms with Gasteiger partial charge < -0.3 is 20.3 Å². The van der Waals surface area contributed by atoms with Crippen LogP contribution in [-0.2, 0) is 4.79 Å². The Bertz CT molecular complexity index is 522. The standard InChI is InChI=1S/C16H23Cl2N3O2/c1-12(23-13-3-4-14(17)15(18)11-13)16(22)20-5-2-8-21-9-6-19-7-10-21/h3-4,11-12,19H,2,5-10H2,1H3,(H,20,22). The third-order valence-electron chi connectivity index (χ3n) is 3.73. The van der Waals surface area contributed by atoms with E-state index >= 15 is 0 Å². The van der Waals surface area contributed by atoms with Gasteiger partial charge in [0, 0.05) is 38.8 Å². The van der Waals surface area contributed by atoms with Crippen molar-refractivity contribution < 1.29 is 9.53 Å². The van der Waals surface area contributed by atoms with Crippen LogP contribution in [0.4, 0.5) is 0 Å². The molecule has 1 atom stereocenters. The van der Waals surface area contributed by atoms with Crippen LogP contribution in [0.1, 0.15) is 13.3 Å². The Labute approximate surface area is 147 Å². The molecule has 0 aromatic heterocycles. The van der Waals surface area contributed by atoms with E-state index in [1.54, 1.807) is 25.1 Å². The number of amides is 1. The summed E-state index contributed by atoms with van der Waals surface area (Å²) in [6.07, 6.45) is 0.358. The van der Waals surface area contributed by atoms with Crippen molar-refractivity contribution in [1.82, 2.24) is 15.5 Å². The number of hydrogen-bond donors (Lipinski definition) is 2. The number of halogens is 2. The van der Waals surface area contributed by atoms with E-state index in [-0.39, 0.29) is 5.91 Å². The zero-order chi connectivity index (χ0) is 16.7. The predicted molar refractivity (Wildman–Crippen MR) is 93.5 cm³/mol. The molecule has 2 N–H and O–H groups in total. The summed E-state index contributed by atoms with van der Waals surface area (Å²) in [6, 6.07) is 4.96. The summed E-state index contributed by atoms with van der Waals surface area (Å²) < 4.78 is 5.59. The Morgan fingerprint density at radius 1 is 1.35 bits per heavy atom. The van der Waals surface area contributed by atoms with E-state index in [1.807, 2.05) is 0 Å².